The smallest absolute Gasteiger partial charge is 0.446 e. The van der Waals surface area contributed by atoms with Crippen LogP contribution in [-0.4, -0.2) is 25.2 Å². The molecule has 0 amide bonds. The third-order valence-electron chi connectivity index (χ3n) is 2.07. The maximum atomic E-state index is 12.5. The van der Waals surface area contributed by atoms with Gasteiger partial charge in [-0.1, -0.05) is 0 Å². The Labute approximate surface area is 119 Å². The number of nitriles is 1. The molecule has 0 radical (unpaired) electrons. The number of esters is 1. The molecule has 0 aliphatic carbocycles. The highest BCUT2D eigenvalue weighted by atomic mass is 32.2. The van der Waals surface area contributed by atoms with Crippen LogP contribution in [0.15, 0.2) is 17.0 Å². The average molecular weight is 327 g/mol. The molecule has 0 saturated carbocycles. The second kappa shape index (κ2) is 6.62. The van der Waals surface area contributed by atoms with E-state index in [1.165, 1.54) is 6.07 Å². The van der Waals surface area contributed by atoms with Gasteiger partial charge in [-0.25, -0.2) is 4.79 Å². The number of hydrogen-bond donors (Lipinski definition) is 0. The number of halogens is 5. The number of hydrogen-bond acceptors (Lipinski definition) is 5. The number of methoxy groups -OCH3 is 1. The zero-order chi connectivity index (χ0) is 16.2. The van der Waals surface area contributed by atoms with Crippen LogP contribution in [0.4, 0.5) is 22.0 Å². The van der Waals surface area contributed by atoms with E-state index in [9.17, 15) is 26.7 Å². The summed E-state index contributed by atoms with van der Waals surface area (Å²) in [4.78, 5) is 10.6. The first-order valence-electron chi connectivity index (χ1n) is 5.05. The summed E-state index contributed by atoms with van der Waals surface area (Å²) in [5.74, 6) is -1.89. The highest BCUT2D eigenvalue weighted by molar-refractivity contribution is 8.00. The summed E-state index contributed by atoms with van der Waals surface area (Å²) < 4.78 is 70.2. The number of nitrogens with zero attached hydrogens (tertiary/aromatic N) is 1. The van der Waals surface area contributed by atoms with Crippen molar-refractivity contribution in [3.8, 4) is 11.8 Å². The summed E-state index contributed by atoms with van der Waals surface area (Å²) in [5, 5.41) is 8.88. The molecule has 10 heteroatoms. The van der Waals surface area contributed by atoms with Crippen molar-refractivity contribution in [2.24, 2.45) is 0 Å². The van der Waals surface area contributed by atoms with Gasteiger partial charge in [0.1, 0.15) is 17.4 Å². The Bertz CT molecular complexity index is 582. The molecular weight excluding hydrogens is 321 g/mol. The summed E-state index contributed by atoms with van der Waals surface area (Å²) in [6, 6.07) is 2.95. The normalized spacial score (nSPS) is 11.1. The molecule has 0 N–H and O–H groups in total. The molecule has 0 aliphatic rings. The van der Waals surface area contributed by atoms with Gasteiger partial charge in [0.05, 0.1) is 17.6 Å². The van der Waals surface area contributed by atoms with E-state index in [2.05, 4.69) is 9.47 Å². The third kappa shape index (κ3) is 4.49. The van der Waals surface area contributed by atoms with Crippen LogP contribution in [0.25, 0.3) is 0 Å². The van der Waals surface area contributed by atoms with Crippen LogP contribution < -0.4 is 4.74 Å². The predicted octanol–water partition coefficient (Wildman–Crippen LogP) is 3.56. The molecule has 1 aromatic rings. The standard InChI is InChI=1S/C11H6F5NO3S/c1-19-9(18)5-2-3-7(20-10(12)13)6(4-17)8(5)21-11(14,15)16/h2-3,10H,1H3. The first-order chi connectivity index (χ1) is 9.69. The Hall–Kier alpha value is -2.02. The van der Waals surface area contributed by atoms with Gasteiger partial charge in [0.25, 0.3) is 0 Å². The molecule has 0 heterocycles. The van der Waals surface area contributed by atoms with Gasteiger partial charge in [0, 0.05) is 0 Å². The lowest BCUT2D eigenvalue weighted by Crippen LogP contribution is -2.11. The van der Waals surface area contributed by atoms with Crippen molar-refractivity contribution in [2.75, 3.05) is 7.11 Å². The number of benzene rings is 1. The maximum absolute atomic E-state index is 12.5. The minimum atomic E-state index is -4.84. The number of ether oxygens (including phenoxy) is 2. The fourth-order valence-corrected chi connectivity index (χ4v) is 2.10. The SMILES string of the molecule is COC(=O)c1ccc(OC(F)F)c(C#N)c1SC(F)(F)F. The predicted molar refractivity (Wildman–Crippen MR) is 61.0 cm³/mol. The van der Waals surface area contributed by atoms with E-state index in [0.717, 1.165) is 19.2 Å². The van der Waals surface area contributed by atoms with Crippen molar-refractivity contribution in [1.29, 1.82) is 5.26 Å². The molecule has 0 bridgehead atoms. The molecule has 0 unspecified atom stereocenters. The van der Waals surface area contributed by atoms with Crippen LogP contribution in [-0.2, 0) is 4.74 Å². The van der Waals surface area contributed by atoms with Crippen LogP contribution >= 0.6 is 11.8 Å². The molecule has 0 aromatic heterocycles. The Kier molecular flexibility index (Phi) is 5.37. The lowest BCUT2D eigenvalue weighted by atomic mass is 10.1. The molecule has 1 aromatic carbocycles. The lowest BCUT2D eigenvalue weighted by molar-refractivity contribution is -0.0501. The summed E-state index contributed by atoms with van der Waals surface area (Å²) in [6.45, 7) is -3.33. The first-order valence-corrected chi connectivity index (χ1v) is 5.87. The summed E-state index contributed by atoms with van der Waals surface area (Å²) in [7, 11) is 0.931. The summed E-state index contributed by atoms with van der Waals surface area (Å²) in [5.41, 5.74) is -6.23. The molecule has 0 aliphatic heterocycles. The van der Waals surface area contributed by atoms with E-state index >= 15 is 0 Å². The van der Waals surface area contributed by atoms with Crippen LogP contribution in [0.5, 0.6) is 5.75 Å². The van der Waals surface area contributed by atoms with Crippen LogP contribution in [0.2, 0.25) is 0 Å². The Morgan fingerprint density at radius 3 is 2.43 bits per heavy atom. The van der Waals surface area contributed by atoms with E-state index < -0.39 is 51.6 Å². The Morgan fingerprint density at radius 2 is 2.00 bits per heavy atom. The number of thioether (sulfide) groups is 1. The zero-order valence-corrected chi connectivity index (χ0v) is 11.0. The average Bonchev–Trinajstić information content (AvgIpc) is 2.36. The fraction of sp³-hybridized carbons (Fsp3) is 0.273. The molecule has 4 nitrogen and oxygen atoms in total. The molecule has 0 spiro atoms. The van der Waals surface area contributed by atoms with Gasteiger partial charge in [-0.2, -0.15) is 27.2 Å². The minimum Gasteiger partial charge on any atom is -0.465 e. The summed E-state index contributed by atoms with van der Waals surface area (Å²) >= 11 is -0.785. The van der Waals surface area contributed by atoms with Crippen molar-refractivity contribution in [2.45, 2.75) is 17.0 Å². The fourth-order valence-electron chi connectivity index (χ4n) is 1.36. The molecular formula is C11H6F5NO3S. The van der Waals surface area contributed by atoms with Gasteiger partial charge in [0.2, 0.25) is 0 Å². The number of carbonyl (C=O) groups is 1. The molecule has 21 heavy (non-hydrogen) atoms. The van der Waals surface area contributed by atoms with E-state index in [1.807, 2.05) is 0 Å². The van der Waals surface area contributed by atoms with Gasteiger partial charge in [-0.3, -0.25) is 0 Å². The summed E-state index contributed by atoms with van der Waals surface area (Å²) in [6.07, 6.45) is 0. The van der Waals surface area contributed by atoms with Crippen molar-refractivity contribution in [3.63, 3.8) is 0 Å². The van der Waals surface area contributed by atoms with E-state index in [-0.39, 0.29) is 0 Å². The molecule has 114 valence electrons. The van der Waals surface area contributed by atoms with Crippen LogP contribution in [0.1, 0.15) is 15.9 Å². The maximum Gasteiger partial charge on any atom is 0.446 e. The molecule has 0 saturated heterocycles. The first kappa shape index (κ1) is 17.0. The van der Waals surface area contributed by atoms with Crippen LogP contribution in [0.3, 0.4) is 0 Å². The van der Waals surface area contributed by atoms with Crippen molar-refractivity contribution in [3.05, 3.63) is 23.3 Å². The largest absolute Gasteiger partial charge is 0.465 e. The quantitative estimate of drug-likeness (QED) is 0.481. The van der Waals surface area contributed by atoms with Crippen LogP contribution in [0, 0.1) is 11.3 Å². The lowest BCUT2D eigenvalue weighted by Gasteiger charge is -2.14. The minimum absolute atomic E-state index is 0.571. The highest BCUT2D eigenvalue weighted by Crippen LogP contribution is 2.43. The second-order valence-corrected chi connectivity index (χ2v) is 4.42. The van der Waals surface area contributed by atoms with Crippen molar-refractivity contribution < 1.29 is 36.2 Å². The van der Waals surface area contributed by atoms with E-state index in [4.69, 9.17) is 5.26 Å². The Morgan fingerprint density at radius 1 is 1.38 bits per heavy atom. The number of alkyl halides is 5. The van der Waals surface area contributed by atoms with Gasteiger partial charge in [0.15, 0.2) is 0 Å². The topological polar surface area (TPSA) is 59.3 Å². The zero-order valence-electron chi connectivity index (χ0n) is 10.2. The van der Waals surface area contributed by atoms with E-state index in [0.29, 0.717) is 0 Å². The Balaban J connectivity index is 3.49. The highest BCUT2D eigenvalue weighted by Gasteiger charge is 2.34. The molecule has 0 atom stereocenters. The third-order valence-corrected chi connectivity index (χ3v) is 2.93. The van der Waals surface area contributed by atoms with Gasteiger partial charge in [-0.15, -0.1) is 0 Å². The van der Waals surface area contributed by atoms with Crippen molar-refractivity contribution in [1.82, 2.24) is 0 Å². The second-order valence-electron chi connectivity index (χ2n) is 3.35. The van der Waals surface area contributed by atoms with Crippen molar-refractivity contribution >= 4 is 17.7 Å². The number of carbonyl (C=O) groups excluding carboxylic acids is 1. The number of rotatable bonds is 4. The van der Waals surface area contributed by atoms with Gasteiger partial charge < -0.3 is 9.47 Å². The molecule has 0 fully saturated rings. The van der Waals surface area contributed by atoms with Gasteiger partial charge in [-0.05, 0) is 23.9 Å². The molecule has 1 rings (SSSR count). The monoisotopic (exact) mass is 327 g/mol. The van der Waals surface area contributed by atoms with Gasteiger partial charge >= 0.3 is 18.1 Å². The van der Waals surface area contributed by atoms with E-state index in [1.54, 1.807) is 0 Å².